The molecule has 16 heavy (non-hydrogen) atoms. The van der Waals surface area contributed by atoms with Crippen molar-refractivity contribution in [2.75, 3.05) is 13.7 Å². The van der Waals surface area contributed by atoms with Crippen LogP contribution in [0, 0.1) is 0 Å². The fourth-order valence-corrected chi connectivity index (χ4v) is 1.34. The minimum Gasteiger partial charge on any atom is -0.497 e. The van der Waals surface area contributed by atoms with Gasteiger partial charge in [-0.15, -0.1) is 0 Å². The summed E-state index contributed by atoms with van der Waals surface area (Å²) >= 11 is 0. The Morgan fingerprint density at radius 3 is 2.81 bits per heavy atom. The van der Waals surface area contributed by atoms with E-state index in [1.165, 1.54) is 7.11 Å². The molecule has 1 atom stereocenters. The van der Waals surface area contributed by atoms with E-state index >= 15 is 0 Å². The highest BCUT2D eigenvalue weighted by atomic mass is 16.5. The third kappa shape index (κ3) is 2.82. The molecule has 0 saturated heterocycles. The molecule has 0 radical (unpaired) electrons. The van der Waals surface area contributed by atoms with E-state index in [1.54, 1.807) is 31.2 Å². The molecule has 0 aromatic heterocycles. The Labute approximate surface area is 94.2 Å². The highest BCUT2D eigenvalue weighted by molar-refractivity contribution is 5.94. The standard InChI is InChI=1S/C12H14O4/c1-3-16-12(14)11(8-13)9-5-4-6-10(7-9)15-2/h4-8,11H,3H2,1-2H3. The van der Waals surface area contributed by atoms with E-state index in [9.17, 15) is 9.59 Å². The summed E-state index contributed by atoms with van der Waals surface area (Å²) in [5, 5.41) is 0. The third-order valence-corrected chi connectivity index (χ3v) is 2.13. The number of esters is 1. The van der Waals surface area contributed by atoms with Gasteiger partial charge < -0.3 is 14.3 Å². The highest BCUT2D eigenvalue weighted by Crippen LogP contribution is 2.20. The Kier molecular flexibility index (Phi) is 4.51. The monoisotopic (exact) mass is 222 g/mol. The molecule has 0 spiro atoms. The summed E-state index contributed by atoms with van der Waals surface area (Å²) in [7, 11) is 1.53. The maximum Gasteiger partial charge on any atom is 0.320 e. The van der Waals surface area contributed by atoms with Gasteiger partial charge in [-0.05, 0) is 24.6 Å². The van der Waals surface area contributed by atoms with Crippen LogP contribution in [0.1, 0.15) is 18.4 Å². The van der Waals surface area contributed by atoms with Crippen LogP contribution in [0.25, 0.3) is 0 Å². The number of carbonyl (C=O) groups excluding carboxylic acids is 2. The van der Waals surface area contributed by atoms with Crippen LogP contribution in [0.3, 0.4) is 0 Å². The smallest absolute Gasteiger partial charge is 0.320 e. The van der Waals surface area contributed by atoms with E-state index < -0.39 is 11.9 Å². The average Bonchev–Trinajstić information content (AvgIpc) is 2.31. The van der Waals surface area contributed by atoms with Crippen molar-refractivity contribution in [3.05, 3.63) is 29.8 Å². The van der Waals surface area contributed by atoms with Crippen molar-refractivity contribution in [2.24, 2.45) is 0 Å². The van der Waals surface area contributed by atoms with E-state index in [1.807, 2.05) is 0 Å². The number of rotatable bonds is 5. The quantitative estimate of drug-likeness (QED) is 0.431. The number of carbonyl (C=O) groups is 2. The number of ether oxygens (including phenoxy) is 2. The number of hydrogen-bond donors (Lipinski definition) is 0. The first kappa shape index (κ1) is 12.2. The molecule has 86 valence electrons. The fourth-order valence-electron chi connectivity index (χ4n) is 1.34. The molecule has 0 amide bonds. The van der Waals surface area contributed by atoms with E-state index in [-0.39, 0.29) is 6.61 Å². The molecule has 4 nitrogen and oxygen atoms in total. The molecule has 1 aromatic carbocycles. The lowest BCUT2D eigenvalue weighted by atomic mass is 10.0. The summed E-state index contributed by atoms with van der Waals surface area (Å²) in [6.07, 6.45) is 0.576. The van der Waals surface area contributed by atoms with E-state index in [0.717, 1.165) is 0 Å². The van der Waals surface area contributed by atoms with Crippen LogP contribution in [-0.4, -0.2) is 26.0 Å². The molecule has 4 heteroatoms. The van der Waals surface area contributed by atoms with Gasteiger partial charge in [-0.2, -0.15) is 0 Å². The minimum atomic E-state index is -0.880. The second kappa shape index (κ2) is 5.90. The van der Waals surface area contributed by atoms with Crippen LogP contribution in [0.5, 0.6) is 5.75 Å². The summed E-state index contributed by atoms with van der Waals surface area (Å²) in [5.74, 6) is -0.811. The van der Waals surface area contributed by atoms with Gasteiger partial charge in [0.15, 0.2) is 0 Å². The maximum absolute atomic E-state index is 11.5. The SMILES string of the molecule is CCOC(=O)C(C=O)c1cccc(OC)c1. The summed E-state index contributed by atoms with van der Waals surface area (Å²) in [4.78, 5) is 22.4. The van der Waals surface area contributed by atoms with Crippen LogP contribution in [0.15, 0.2) is 24.3 Å². The molecule has 1 rings (SSSR count). The van der Waals surface area contributed by atoms with Gasteiger partial charge in [-0.1, -0.05) is 12.1 Å². The topological polar surface area (TPSA) is 52.6 Å². The van der Waals surface area contributed by atoms with E-state index in [4.69, 9.17) is 9.47 Å². The summed E-state index contributed by atoms with van der Waals surface area (Å²) < 4.78 is 9.83. The summed E-state index contributed by atoms with van der Waals surface area (Å²) in [6.45, 7) is 1.96. The number of aldehydes is 1. The van der Waals surface area contributed by atoms with E-state index in [2.05, 4.69) is 0 Å². The van der Waals surface area contributed by atoms with Crippen LogP contribution in [-0.2, 0) is 14.3 Å². The van der Waals surface area contributed by atoms with Gasteiger partial charge in [-0.3, -0.25) is 4.79 Å². The average molecular weight is 222 g/mol. The zero-order valence-electron chi connectivity index (χ0n) is 9.30. The third-order valence-electron chi connectivity index (χ3n) is 2.13. The molecule has 1 aromatic rings. The molecule has 0 fully saturated rings. The summed E-state index contributed by atoms with van der Waals surface area (Å²) in [6, 6.07) is 6.81. The lowest BCUT2D eigenvalue weighted by Crippen LogP contribution is -2.17. The maximum atomic E-state index is 11.5. The molecule has 0 bridgehead atoms. The molecule has 0 N–H and O–H groups in total. The van der Waals surface area contributed by atoms with Crippen molar-refractivity contribution in [1.29, 1.82) is 0 Å². The predicted molar refractivity (Wildman–Crippen MR) is 58.4 cm³/mol. The Morgan fingerprint density at radius 1 is 1.50 bits per heavy atom. The number of methoxy groups -OCH3 is 1. The van der Waals surface area contributed by atoms with Crippen molar-refractivity contribution < 1.29 is 19.1 Å². The van der Waals surface area contributed by atoms with Crippen molar-refractivity contribution in [1.82, 2.24) is 0 Å². The van der Waals surface area contributed by atoms with Gasteiger partial charge in [0.25, 0.3) is 0 Å². The first-order chi connectivity index (χ1) is 7.72. The van der Waals surface area contributed by atoms with Gasteiger partial charge in [0.05, 0.1) is 13.7 Å². The van der Waals surface area contributed by atoms with Crippen molar-refractivity contribution in [3.8, 4) is 5.75 Å². The molecule has 0 heterocycles. The van der Waals surface area contributed by atoms with Crippen molar-refractivity contribution >= 4 is 12.3 Å². The van der Waals surface area contributed by atoms with E-state index in [0.29, 0.717) is 17.6 Å². The first-order valence-electron chi connectivity index (χ1n) is 4.98. The van der Waals surface area contributed by atoms with Gasteiger partial charge in [0.2, 0.25) is 0 Å². The van der Waals surface area contributed by atoms with Crippen LogP contribution in [0.2, 0.25) is 0 Å². The number of benzene rings is 1. The predicted octanol–water partition coefficient (Wildman–Crippen LogP) is 1.54. The molecule has 0 aliphatic rings. The first-order valence-corrected chi connectivity index (χ1v) is 4.98. The van der Waals surface area contributed by atoms with Gasteiger partial charge in [0, 0.05) is 0 Å². The minimum absolute atomic E-state index is 0.257. The fraction of sp³-hybridized carbons (Fsp3) is 0.333. The van der Waals surface area contributed by atoms with Crippen LogP contribution < -0.4 is 4.74 Å². The number of hydrogen-bond acceptors (Lipinski definition) is 4. The Hall–Kier alpha value is -1.84. The van der Waals surface area contributed by atoms with Crippen molar-refractivity contribution in [2.45, 2.75) is 12.8 Å². The molecule has 0 saturated carbocycles. The molecular formula is C12H14O4. The van der Waals surface area contributed by atoms with Crippen LogP contribution in [0.4, 0.5) is 0 Å². The van der Waals surface area contributed by atoms with Crippen LogP contribution >= 0.6 is 0 Å². The largest absolute Gasteiger partial charge is 0.497 e. The molecular weight excluding hydrogens is 208 g/mol. The van der Waals surface area contributed by atoms with Gasteiger partial charge in [0.1, 0.15) is 18.0 Å². The Bertz CT molecular complexity index is 373. The highest BCUT2D eigenvalue weighted by Gasteiger charge is 2.21. The van der Waals surface area contributed by atoms with Crippen molar-refractivity contribution in [3.63, 3.8) is 0 Å². The lowest BCUT2D eigenvalue weighted by Gasteiger charge is -2.10. The lowest BCUT2D eigenvalue weighted by molar-refractivity contribution is -0.146. The normalized spacial score (nSPS) is 11.6. The molecule has 1 unspecified atom stereocenters. The van der Waals surface area contributed by atoms with Gasteiger partial charge >= 0.3 is 5.97 Å². The second-order valence-corrected chi connectivity index (χ2v) is 3.14. The Morgan fingerprint density at radius 2 is 2.25 bits per heavy atom. The van der Waals surface area contributed by atoms with Gasteiger partial charge in [-0.25, -0.2) is 0 Å². The molecule has 0 aliphatic heterocycles. The summed E-state index contributed by atoms with van der Waals surface area (Å²) in [5.41, 5.74) is 0.577. The molecule has 0 aliphatic carbocycles. The Balaban J connectivity index is 2.94. The zero-order valence-corrected chi connectivity index (χ0v) is 9.30. The second-order valence-electron chi connectivity index (χ2n) is 3.14. The zero-order chi connectivity index (χ0) is 12.0.